The third-order valence-electron chi connectivity index (χ3n) is 3.12. The highest BCUT2D eigenvalue weighted by Gasteiger charge is 2.34. The van der Waals surface area contributed by atoms with E-state index in [1.165, 1.54) is 35.5 Å². The number of hydrogen-bond acceptors (Lipinski definition) is 4. The average molecular weight is 342 g/mol. The predicted molar refractivity (Wildman–Crippen MR) is 79.2 cm³/mol. The van der Waals surface area contributed by atoms with Crippen molar-refractivity contribution in [3.8, 4) is 5.75 Å². The molecule has 2 rings (SSSR count). The summed E-state index contributed by atoms with van der Waals surface area (Å²) in [6.07, 6.45) is -1.44. The zero-order valence-electron chi connectivity index (χ0n) is 13.0. The molecule has 1 atom stereocenters. The maximum absolute atomic E-state index is 12.9. The summed E-state index contributed by atoms with van der Waals surface area (Å²) in [6.45, 7) is 1.96. The number of carbonyl (C=O) groups is 1. The maximum Gasteiger partial charge on any atom is 0.419 e. The molecule has 1 unspecified atom stereocenters. The molecule has 0 aliphatic heterocycles. The van der Waals surface area contributed by atoms with Gasteiger partial charge in [0.25, 0.3) is 0 Å². The normalized spacial score (nSPS) is 12.7. The Hall–Kier alpha value is -2.58. The number of rotatable bonds is 7. The van der Waals surface area contributed by atoms with E-state index in [0.29, 0.717) is 6.54 Å². The molecule has 0 aliphatic carbocycles. The van der Waals surface area contributed by atoms with Crippen molar-refractivity contribution in [3.63, 3.8) is 0 Å². The summed E-state index contributed by atoms with van der Waals surface area (Å²) in [7, 11) is 0. The lowest BCUT2D eigenvalue weighted by Gasteiger charge is -2.18. The highest BCUT2D eigenvalue weighted by atomic mass is 19.4. The first-order chi connectivity index (χ1) is 11.4. The second-order valence-corrected chi connectivity index (χ2v) is 5.18. The minimum atomic E-state index is -4.49. The smallest absolute Gasteiger partial charge is 0.419 e. The highest BCUT2D eigenvalue weighted by molar-refractivity contribution is 5.76. The molecule has 1 heterocycles. The first-order valence-corrected chi connectivity index (χ1v) is 7.27. The lowest BCUT2D eigenvalue weighted by Crippen LogP contribution is -2.37. The van der Waals surface area contributed by atoms with Gasteiger partial charge in [0, 0.05) is 6.42 Å². The van der Waals surface area contributed by atoms with Crippen LogP contribution >= 0.6 is 0 Å². The summed E-state index contributed by atoms with van der Waals surface area (Å²) in [6, 6.07) is 4.53. The minimum absolute atomic E-state index is 0.0673. The van der Waals surface area contributed by atoms with Crippen LogP contribution in [0.4, 0.5) is 13.2 Å². The first kappa shape index (κ1) is 17.8. The summed E-state index contributed by atoms with van der Waals surface area (Å²) < 4.78 is 45.3. The van der Waals surface area contributed by atoms with Crippen LogP contribution in [-0.2, 0) is 17.5 Å². The molecular weight excluding hydrogens is 325 g/mol. The van der Waals surface area contributed by atoms with Gasteiger partial charge in [-0.2, -0.15) is 18.3 Å². The van der Waals surface area contributed by atoms with Crippen LogP contribution in [0.15, 0.2) is 36.9 Å². The number of nitrogens with zero attached hydrogens (tertiary/aromatic N) is 3. The van der Waals surface area contributed by atoms with Gasteiger partial charge in [0.1, 0.15) is 25.0 Å². The van der Waals surface area contributed by atoms with E-state index < -0.39 is 17.8 Å². The Labute approximate surface area is 136 Å². The molecular formula is C15H17F3N4O2. The number of aromatic nitrogens is 3. The SMILES string of the molecule is CC(COc1ccccc1C(F)(F)F)NC(=O)CCn1cncn1. The van der Waals surface area contributed by atoms with Crippen LogP contribution in [0.1, 0.15) is 18.9 Å². The van der Waals surface area contributed by atoms with E-state index in [2.05, 4.69) is 15.4 Å². The number of aryl methyl sites for hydroxylation is 1. The van der Waals surface area contributed by atoms with Gasteiger partial charge in [-0.15, -0.1) is 0 Å². The topological polar surface area (TPSA) is 69.0 Å². The molecule has 0 saturated carbocycles. The Morgan fingerprint density at radius 2 is 2.12 bits per heavy atom. The average Bonchev–Trinajstić information content (AvgIpc) is 3.04. The number of halogens is 3. The fraction of sp³-hybridized carbons (Fsp3) is 0.400. The van der Waals surface area contributed by atoms with Gasteiger partial charge in [0.05, 0.1) is 18.2 Å². The standard InChI is InChI=1S/C15H17F3N4O2/c1-11(21-14(23)6-7-22-10-19-9-20-22)8-24-13-5-3-2-4-12(13)15(16,17)18/h2-5,9-11H,6-8H2,1H3,(H,21,23). The molecule has 1 aromatic carbocycles. The van der Waals surface area contributed by atoms with Gasteiger partial charge in [-0.05, 0) is 19.1 Å². The quantitative estimate of drug-likeness (QED) is 0.838. The molecule has 0 radical (unpaired) electrons. The Bertz CT molecular complexity index is 659. The van der Waals surface area contributed by atoms with Crippen molar-refractivity contribution in [3.05, 3.63) is 42.5 Å². The second kappa shape index (κ2) is 7.80. The third kappa shape index (κ3) is 5.25. The Morgan fingerprint density at radius 1 is 1.38 bits per heavy atom. The molecule has 2 aromatic rings. The van der Waals surface area contributed by atoms with Crippen molar-refractivity contribution < 1.29 is 22.7 Å². The summed E-state index contributed by atoms with van der Waals surface area (Å²) in [5.41, 5.74) is -0.838. The lowest BCUT2D eigenvalue weighted by atomic mass is 10.2. The molecule has 1 amide bonds. The van der Waals surface area contributed by atoms with Gasteiger partial charge >= 0.3 is 6.18 Å². The van der Waals surface area contributed by atoms with Crippen LogP contribution in [0.2, 0.25) is 0 Å². The van der Waals surface area contributed by atoms with Crippen molar-refractivity contribution in [2.24, 2.45) is 0 Å². The van der Waals surface area contributed by atoms with Crippen molar-refractivity contribution in [2.75, 3.05) is 6.61 Å². The molecule has 0 aliphatic rings. The van der Waals surface area contributed by atoms with Gasteiger partial charge in [0.2, 0.25) is 5.91 Å². The number of benzene rings is 1. The van der Waals surface area contributed by atoms with Gasteiger partial charge in [-0.3, -0.25) is 9.48 Å². The summed E-state index contributed by atoms with van der Waals surface area (Å²) >= 11 is 0. The number of hydrogen-bond donors (Lipinski definition) is 1. The minimum Gasteiger partial charge on any atom is -0.491 e. The van der Waals surface area contributed by atoms with E-state index in [0.717, 1.165) is 6.07 Å². The fourth-order valence-electron chi connectivity index (χ4n) is 1.99. The van der Waals surface area contributed by atoms with Crippen LogP contribution in [0.5, 0.6) is 5.75 Å². The number of ether oxygens (including phenoxy) is 1. The highest BCUT2D eigenvalue weighted by Crippen LogP contribution is 2.35. The van der Waals surface area contributed by atoms with Crippen LogP contribution < -0.4 is 10.1 Å². The molecule has 0 saturated heterocycles. The molecule has 0 fully saturated rings. The predicted octanol–water partition coefficient (Wildman–Crippen LogP) is 2.27. The van der Waals surface area contributed by atoms with E-state index in [9.17, 15) is 18.0 Å². The molecule has 1 N–H and O–H groups in total. The van der Waals surface area contributed by atoms with E-state index in [4.69, 9.17) is 4.74 Å². The monoisotopic (exact) mass is 342 g/mol. The van der Waals surface area contributed by atoms with Crippen molar-refractivity contribution in [1.29, 1.82) is 0 Å². The number of para-hydroxylation sites is 1. The van der Waals surface area contributed by atoms with Crippen LogP contribution in [0.25, 0.3) is 0 Å². The van der Waals surface area contributed by atoms with Gasteiger partial charge in [-0.25, -0.2) is 4.98 Å². The zero-order valence-corrected chi connectivity index (χ0v) is 13.0. The van der Waals surface area contributed by atoms with Crippen molar-refractivity contribution >= 4 is 5.91 Å². The van der Waals surface area contributed by atoms with E-state index in [1.807, 2.05) is 0 Å². The largest absolute Gasteiger partial charge is 0.491 e. The Morgan fingerprint density at radius 3 is 2.79 bits per heavy atom. The second-order valence-electron chi connectivity index (χ2n) is 5.18. The number of alkyl halides is 3. The van der Waals surface area contributed by atoms with Crippen LogP contribution in [0, 0.1) is 0 Å². The van der Waals surface area contributed by atoms with E-state index in [1.54, 1.807) is 6.92 Å². The number of amides is 1. The summed E-state index contributed by atoms with van der Waals surface area (Å²) in [4.78, 5) is 15.5. The van der Waals surface area contributed by atoms with Crippen molar-refractivity contribution in [2.45, 2.75) is 32.1 Å². The van der Waals surface area contributed by atoms with E-state index in [-0.39, 0.29) is 24.7 Å². The number of nitrogens with one attached hydrogen (secondary N) is 1. The van der Waals surface area contributed by atoms with Gasteiger partial charge < -0.3 is 10.1 Å². The van der Waals surface area contributed by atoms with Gasteiger partial charge in [-0.1, -0.05) is 12.1 Å². The molecule has 6 nitrogen and oxygen atoms in total. The number of carbonyl (C=O) groups excluding carboxylic acids is 1. The Kier molecular flexibility index (Phi) is 5.78. The lowest BCUT2D eigenvalue weighted by molar-refractivity contribution is -0.139. The van der Waals surface area contributed by atoms with Gasteiger partial charge in [0.15, 0.2) is 0 Å². The summed E-state index contributed by atoms with van der Waals surface area (Å²) in [5.74, 6) is -0.501. The van der Waals surface area contributed by atoms with Crippen molar-refractivity contribution in [1.82, 2.24) is 20.1 Å². The Balaban J connectivity index is 1.81. The van der Waals surface area contributed by atoms with Crippen LogP contribution in [-0.4, -0.2) is 33.3 Å². The molecule has 24 heavy (non-hydrogen) atoms. The maximum atomic E-state index is 12.9. The van der Waals surface area contributed by atoms with E-state index >= 15 is 0 Å². The molecule has 130 valence electrons. The zero-order chi connectivity index (χ0) is 17.6. The molecule has 0 spiro atoms. The molecule has 1 aromatic heterocycles. The summed E-state index contributed by atoms with van der Waals surface area (Å²) in [5, 5.41) is 6.53. The third-order valence-corrected chi connectivity index (χ3v) is 3.12. The molecule has 9 heteroatoms. The van der Waals surface area contributed by atoms with Crippen LogP contribution in [0.3, 0.4) is 0 Å². The molecule has 0 bridgehead atoms. The first-order valence-electron chi connectivity index (χ1n) is 7.27. The fourth-order valence-corrected chi connectivity index (χ4v) is 1.99.